The molecular formula is C35H38O4. The van der Waals surface area contributed by atoms with Crippen molar-refractivity contribution in [2.75, 3.05) is 0 Å². The summed E-state index contributed by atoms with van der Waals surface area (Å²) in [6.07, 6.45) is 5.54. The average molecular weight is 523 g/mol. The third kappa shape index (κ3) is 5.21. The summed E-state index contributed by atoms with van der Waals surface area (Å²) < 4.78 is 0. The van der Waals surface area contributed by atoms with E-state index in [1.807, 2.05) is 64.1 Å². The molecular weight excluding hydrogens is 484 g/mol. The maximum atomic E-state index is 11.5. The first kappa shape index (κ1) is 26.7. The highest BCUT2D eigenvalue weighted by Gasteiger charge is 2.32. The molecule has 1 aliphatic rings. The van der Waals surface area contributed by atoms with Gasteiger partial charge in [-0.05, 0) is 139 Å². The van der Waals surface area contributed by atoms with Crippen molar-refractivity contribution >= 4 is 0 Å². The standard InChI is InChI=1S/C35H38O4/c1-20-14-25(10-12-31(20)36)27-16-22(3)34(38)29(18-27)33(24-8-6-5-7-9-24)30-19-28(17-23(4)35(30)39)26-11-13-32(37)21(2)15-26/h10-19,24,33,36-39H,5-9H2,1-4H3. The van der Waals surface area contributed by atoms with Crippen LogP contribution in [0.2, 0.25) is 0 Å². The first-order chi connectivity index (χ1) is 18.6. The Kier molecular flexibility index (Phi) is 7.31. The zero-order valence-electron chi connectivity index (χ0n) is 23.3. The number of phenolic OH excluding ortho intramolecular Hbond substituents is 4. The van der Waals surface area contributed by atoms with Crippen LogP contribution in [0.4, 0.5) is 0 Å². The summed E-state index contributed by atoms with van der Waals surface area (Å²) in [5.41, 5.74) is 8.74. The van der Waals surface area contributed by atoms with Crippen molar-refractivity contribution in [2.24, 2.45) is 5.92 Å². The number of phenols is 4. The topological polar surface area (TPSA) is 80.9 Å². The Balaban J connectivity index is 1.72. The Labute approximate surface area is 231 Å². The number of aromatic hydroxyl groups is 4. The van der Waals surface area contributed by atoms with Crippen LogP contribution in [0.15, 0.2) is 60.7 Å². The molecule has 4 heteroatoms. The minimum Gasteiger partial charge on any atom is -0.508 e. The molecule has 0 heterocycles. The molecule has 202 valence electrons. The summed E-state index contributed by atoms with van der Waals surface area (Å²) in [5.74, 6) is 1.16. The second-order valence-corrected chi connectivity index (χ2v) is 11.3. The maximum Gasteiger partial charge on any atom is 0.122 e. The maximum absolute atomic E-state index is 11.5. The van der Waals surface area contributed by atoms with Crippen molar-refractivity contribution in [1.82, 2.24) is 0 Å². The van der Waals surface area contributed by atoms with Gasteiger partial charge in [0.2, 0.25) is 0 Å². The van der Waals surface area contributed by atoms with Gasteiger partial charge in [0, 0.05) is 17.0 Å². The first-order valence-electron chi connectivity index (χ1n) is 13.9. The van der Waals surface area contributed by atoms with E-state index in [9.17, 15) is 20.4 Å². The number of hydrogen-bond donors (Lipinski definition) is 4. The molecule has 0 unspecified atom stereocenters. The Morgan fingerprint density at radius 2 is 0.923 bits per heavy atom. The number of hydrogen-bond acceptors (Lipinski definition) is 4. The van der Waals surface area contributed by atoms with Crippen LogP contribution in [0, 0.1) is 33.6 Å². The summed E-state index contributed by atoms with van der Waals surface area (Å²) in [4.78, 5) is 0. The fourth-order valence-electron chi connectivity index (χ4n) is 6.23. The van der Waals surface area contributed by atoms with Crippen molar-refractivity contribution < 1.29 is 20.4 Å². The van der Waals surface area contributed by atoms with Crippen LogP contribution in [-0.4, -0.2) is 20.4 Å². The smallest absolute Gasteiger partial charge is 0.122 e. The minimum absolute atomic E-state index is 0.181. The fraction of sp³-hybridized carbons (Fsp3) is 0.314. The Hall–Kier alpha value is -3.92. The molecule has 0 atom stereocenters. The molecule has 0 radical (unpaired) electrons. The first-order valence-corrected chi connectivity index (χ1v) is 13.9. The zero-order chi connectivity index (χ0) is 27.8. The van der Waals surface area contributed by atoms with Crippen molar-refractivity contribution in [2.45, 2.75) is 65.7 Å². The second kappa shape index (κ2) is 10.7. The second-order valence-electron chi connectivity index (χ2n) is 11.3. The van der Waals surface area contributed by atoms with E-state index >= 15 is 0 Å². The van der Waals surface area contributed by atoms with Crippen molar-refractivity contribution in [1.29, 1.82) is 0 Å². The largest absolute Gasteiger partial charge is 0.508 e. The zero-order valence-corrected chi connectivity index (χ0v) is 23.3. The lowest BCUT2D eigenvalue weighted by molar-refractivity contribution is 0.317. The lowest BCUT2D eigenvalue weighted by Crippen LogP contribution is -2.18. The number of aryl methyl sites for hydroxylation is 4. The van der Waals surface area contributed by atoms with Crippen LogP contribution < -0.4 is 0 Å². The predicted molar refractivity (Wildman–Crippen MR) is 158 cm³/mol. The van der Waals surface area contributed by atoms with Gasteiger partial charge < -0.3 is 20.4 Å². The van der Waals surface area contributed by atoms with Crippen molar-refractivity contribution in [3.8, 4) is 45.3 Å². The van der Waals surface area contributed by atoms with Gasteiger partial charge in [-0.2, -0.15) is 0 Å². The summed E-state index contributed by atoms with van der Waals surface area (Å²) in [7, 11) is 0. The monoisotopic (exact) mass is 522 g/mol. The normalized spacial score (nSPS) is 14.2. The van der Waals surface area contributed by atoms with Crippen LogP contribution >= 0.6 is 0 Å². The molecule has 39 heavy (non-hydrogen) atoms. The van der Waals surface area contributed by atoms with Gasteiger partial charge in [-0.1, -0.05) is 31.4 Å². The van der Waals surface area contributed by atoms with Gasteiger partial charge in [0.15, 0.2) is 0 Å². The highest BCUT2D eigenvalue weighted by molar-refractivity contribution is 5.72. The minimum atomic E-state index is -0.181. The lowest BCUT2D eigenvalue weighted by Gasteiger charge is -2.33. The van der Waals surface area contributed by atoms with Gasteiger partial charge in [-0.3, -0.25) is 0 Å². The van der Waals surface area contributed by atoms with Crippen LogP contribution in [-0.2, 0) is 0 Å². The van der Waals surface area contributed by atoms with E-state index in [0.717, 1.165) is 81.3 Å². The molecule has 4 N–H and O–H groups in total. The SMILES string of the molecule is Cc1cc(-c2cc(C)c(O)c(C(c3cc(-c4ccc(O)c(C)c4)cc(C)c3O)C3CCCCC3)c2)ccc1O. The predicted octanol–water partition coefficient (Wildman–Crippen LogP) is 8.79. The van der Waals surface area contributed by atoms with E-state index in [1.165, 1.54) is 6.42 Å². The van der Waals surface area contributed by atoms with E-state index < -0.39 is 0 Å². The van der Waals surface area contributed by atoms with Gasteiger partial charge in [0.05, 0.1) is 0 Å². The van der Waals surface area contributed by atoms with E-state index in [-0.39, 0.29) is 34.8 Å². The summed E-state index contributed by atoms with van der Waals surface area (Å²) >= 11 is 0. The summed E-state index contributed by atoms with van der Waals surface area (Å²) in [6.45, 7) is 7.62. The fourth-order valence-corrected chi connectivity index (χ4v) is 6.23. The molecule has 4 aromatic carbocycles. The Morgan fingerprint density at radius 1 is 0.513 bits per heavy atom. The molecule has 0 spiro atoms. The molecule has 1 fully saturated rings. The van der Waals surface area contributed by atoms with Gasteiger partial charge in [-0.25, -0.2) is 0 Å². The Bertz CT molecular complexity index is 1420. The van der Waals surface area contributed by atoms with E-state index in [1.54, 1.807) is 12.1 Å². The molecule has 0 aliphatic heterocycles. The van der Waals surface area contributed by atoms with Crippen LogP contribution in [0.25, 0.3) is 22.3 Å². The summed E-state index contributed by atoms with van der Waals surface area (Å²) in [5, 5.41) is 43.1. The van der Waals surface area contributed by atoms with Crippen LogP contribution in [0.3, 0.4) is 0 Å². The molecule has 5 rings (SSSR count). The highest BCUT2D eigenvalue weighted by Crippen LogP contribution is 2.49. The molecule has 0 amide bonds. The quantitative estimate of drug-likeness (QED) is 0.211. The van der Waals surface area contributed by atoms with Gasteiger partial charge >= 0.3 is 0 Å². The van der Waals surface area contributed by atoms with E-state index in [2.05, 4.69) is 12.1 Å². The summed E-state index contributed by atoms with van der Waals surface area (Å²) in [6, 6.07) is 19.3. The van der Waals surface area contributed by atoms with Crippen molar-refractivity contribution in [3.05, 3.63) is 94.0 Å². The molecule has 1 saturated carbocycles. The van der Waals surface area contributed by atoms with Gasteiger partial charge in [0.25, 0.3) is 0 Å². The lowest BCUT2D eigenvalue weighted by atomic mass is 9.71. The van der Waals surface area contributed by atoms with E-state index in [0.29, 0.717) is 0 Å². The van der Waals surface area contributed by atoms with Crippen LogP contribution in [0.5, 0.6) is 23.0 Å². The number of rotatable bonds is 5. The average Bonchev–Trinajstić information content (AvgIpc) is 2.92. The van der Waals surface area contributed by atoms with Gasteiger partial charge in [-0.15, -0.1) is 0 Å². The third-order valence-corrected chi connectivity index (χ3v) is 8.51. The molecule has 4 aromatic rings. The molecule has 0 saturated heterocycles. The Morgan fingerprint density at radius 3 is 1.33 bits per heavy atom. The van der Waals surface area contributed by atoms with Crippen LogP contribution in [0.1, 0.15) is 71.4 Å². The molecule has 4 nitrogen and oxygen atoms in total. The number of benzene rings is 4. The molecule has 0 bridgehead atoms. The molecule has 0 aromatic heterocycles. The van der Waals surface area contributed by atoms with E-state index in [4.69, 9.17) is 0 Å². The highest BCUT2D eigenvalue weighted by atomic mass is 16.3. The third-order valence-electron chi connectivity index (χ3n) is 8.51. The molecule has 1 aliphatic carbocycles. The van der Waals surface area contributed by atoms with Crippen molar-refractivity contribution in [3.63, 3.8) is 0 Å². The van der Waals surface area contributed by atoms with Gasteiger partial charge in [0.1, 0.15) is 23.0 Å².